The first-order chi connectivity index (χ1) is 10.2. The Labute approximate surface area is 131 Å². The lowest BCUT2D eigenvalue weighted by molar-refractivity contribution is -0.132. The topological polar surface area (TPSA) is 71.8 Å². The van der Waals surface area contributed by atoms with Crippen molar-refractivity contribution in [3.63, 3.8) is 0 Å². The molecule has 0 saturated heterocycles. The molecule has 0 saturated carbocycles. The van der Waals surface area contributed by atoms with Gasteiger partial charge in [-0.3, -0.25) is 4.79 Å². The molecule has 2 amide bonds. The highest BCUT2D eigenvalue weighted by atomic mass is 16.6. The second kappa shape index (κ2) is 7.87. The lowest BCUT2D eigenvalue weighted by Crippen LogP contribution is -2.34. The molecule has 1 atom stereocenters. The minimum absolute atomic E-state index is 0.00916. The Kier molecular flexibility index (Phi) is 6.46. The van der Waals surface area contributed by atoms with E-state index in [9.17, 15) is 9.59 Å². The van der Waals surface area contributed by atoms with Crippen LogP contribution in [0, 0.1) is 0 Å². The lowest BCUT2D eigenvalue weighted by atomic mass is 10.2. The molecule has 0 bridgehead atoms. The number of alkyl carbamates (subject to hydrolysis) is 1. The first kappa shape index (κ1) is 18.1. The van der Waals surface area contributed by atoms with E-state index in [0.29, 0.717) is 19.4 Å². The lowest BCUT2D eigenvalue weighted by Gasteiger charge is -2.23. The number of carbonyl (C=O) groups is 2. The first-order valence-corrected chi connectivity index (χ1v) is 7.46. The molecule has 22 heavy (non-hydrogen) atoms. The standard InChI is InChI=1S/C16H26N2O4/c1-12(13-8-7-11-21-13)18(5)14(19)9-6-10-17-15(20)22-16(2,3)4/h7-8,11-12H,6,9-10H2,1-5H3,(H,17,20). The monoisotopic (exact) mass is 310 g/mol. The minimum atomic E-state index is -0.515. The molecule has 0 aliphatic rings. The summed E-state index contributed by atoms with van der Waals surface area (Å²) in [6.07, 6.45) is 2.05. The van der Waals surface area contributed by atoms with Gasteiger partial charge in [-0.05, 0) is 46.2 Å². The number of furan rings is 1. The van der Waals surface area contributed by atoms with Crippen LogP contribution in [0.1, 0.15) is 52.3 Å². The summed E-state index contributed by atoms with van der Waals surface area (Å²) in [6.45, 7) is 7.74. The third kappa shape index (κ3) is 6.20. The van der Waals surface area contributed by atoms with Crippen molar-refractivity contribution < 1.29 is 18.7 Å². The third-order valence-electron chi connectivity index (χ3n) is 3.16. The normalized spacial score (nSPS) is 12.6. The summed E-state index contributed by atoms with van der Waals surface area (Å²) < 4.78 is 10.4. The molecule has 1 rings (SSSR count). The maximum Gasteiger partial charge on any atom is 0.407 e. The molecule has 0 aliphatic heterocycles. The molecule has 0 spiro atoms. The van der Waals surface area contributed by atoms with Gasteiger partial charge in [-0.25, -0.2) is 4.79 Å². The Morgan fingerprint density at radius 2 is 2.09 bits per heavy atom. The summed E-state index contributed by atoms with van der Waals surface area (Å²) in [5, 5.41) is 2.64. The molecular weight excluding hydrogens is 284 g/mol. The minimum Gasteiger partial charge on any atom is -0.467 e. The average Bonchev–Trinajstić information content (AvgIpc) is 2.93. The Hall–Kier alpha value is -1.98. The van der Waals surface area contributed by atoms with E-state index >= 15 is 0 Å². The third-order valence-corrected chi connectivity index (χ3v) is 3.16. The van der Waals surface area contributed by atoms with E-state index in [-0.39, 0.29) is 11.9 Å². The highest BCUT2D eigenvalue weighted by molar-refractivity contribution is 5.76. The molecule has 1 aromatic rings. The van der Waals surface area contributed by atoms with Gasteiger partial charge in [0.25, 0.3) is 0 Å². The van der Waals surface area contributed by atoms with Gasteiger partial charge in [0.05, 0.1) is 12.3 Å². The molecule has 1 aromatic heterocycles. The van der Waals surface area contributed by atoms with Gasteiger partial charge in [0.1, 0.15) is 11.4 Å². The van der Waals surface area contributed by atoms with Crippen molar-refractivity contribution in [2.45, 2.75) is 52.2 Å². The summed E-state index contributed by atoms with van der Waals surface area (Å²) in [7, 11) is 1.75. The summed E-state index contributed by atoms with van der Waals surface area (Å²) >= 11 is 0. The largest absolute Gasteiger partial charge is 0.467 e. The maximum atomic E-state index is 12.1. The zero-order valence-electron chi connectivity index (χ0n) is 14.0. The van der Waals surface area contributed by atoms with Crippen molar-refractivity contribution in [3.8, 4) is 0 Å². The Balaban J connectivity index is 2.27. The highest BCUT2D eigenvalue weighted by Crippen LogP contribution is 2.19. The number of carbonyl (C=O) groups excluding carboxylic acids is 2. The van der Waals surface area contributed by atoms with Gasteiger partial charge < -0.3 is 19.4 Å². The number of ether oxygens (including phenoxy) is 1. The predicted octanol–water partition coefficient (Wildman–Crippen LogP) is 3.10. The van der Waals surface area contributed by atoms with Gasteiger partial charge in [-0.1, -0.05) is 0 Å². The van der Waals surface area contributed by atoms with Crippen molar-refractivity contribution >= 4 is 12.0 Å². The first-order valence-electron chi connectivity index (χ1n) is 7.46. The van der Waals surface area contributed by atoms with Crippen LogP contribution in [0.15, 0.2) is 22.8 Å². The molecule has 1 unspecified atom stereocenters. The van der Waals surface area contributed by atoms with Crippen LogP contribution in [0.25, 0.3) is 0 Å². The summed E-state index contributed by atoms with van der Waals surface area (Å²) in [5.74, 6) is 0.762. The van der Waals surface area contributed by atoms with E-state index in [4.69, 9.17) is 9.15 Å². The number of amides is 2. The van der Waals surface area contributed by atoms with E-state index in [1.807, 2.05) is 13.0 Å². The smallest absolute Gasteiger partial charge is 0.407 e. The molecule has 0 fully saturated rings. The summed E-state index contributed by atoms with van der Waals surface area (Å²) in [4.78, 5) is 25.2. The zero-order chi connectivity index (χ0) is 16.8. The molecular formula is C16H26N2O4. The molecule has 124 valence electrons. The highest BCUT2D eigenvalue weighted by Gasteiger charge is 2.19. The van der Waals surface area contributed by atoms with E-state index in [1.165, 1.54) is 0 Å². The average molecular weight is 310 g/mol. The number of hydrogen-bond acceptors (Lipinski definition) is 4. The van der Waals surface area contributed by atoms with Crippen molar-refractivity contribution in [3.05, 3.63) is 24.2 Å². The SMILES string of the molecule is CC(c1ccco1)N(C)C(=O)CCCNC(=O)OC(C)(C)C. The van der Waals surface area contributed by atoms with Crippen LogP contribution >= 0.6 is 0 Å². The molecule has 0 radical (unpaired) electrons. The molecule has 6 heteroatoms. The predicted molar refractivity (Wildman–Crippen MR) is 83.4 cm³/mol. The van der Waals surface area contributed by atoms with E-state index in [0.717, 1.165) is 5.76 Å². The maximum absolute atomic E-state index is 12.1. The number of rotatable bonds is 6. The summed E-state index contributed by atoms with van der Waals surface area (Å²) in [6, 6.07) is 3.54. The van der Waals surface area contributed by atoms with Crippen molar-refractivity contribution in [1.29, 1.82) is 0 Å². The second-order valence-electron chi connectivity index (χ2n) is 6.23. The Morgan fingerprint density at radius 1 is 1.41 bits per heavy atom. The fraction of sp³-hybridized carbons (Fsp3) is 0.625. The molecule has 1 N–H and O–H groups in total. The van der Waals surface area contributed by atoms with Crippen LogP contribution < -0.4 is 5.32 Å². The van der Waals surface area contributed by atoms with Crippen LogP contribution in [-0.2, 0) is 9.53 Å². The fourth-order valence-electron chi connectivity index (χ4n) is 1.86. The van der Waals surface area contributed by atoms with E-state index in [1.54, 1.807) is 45.0 Å². The van der Waals surface area contributed by atoms with E-state index in [2.05, 4.69) is 5.32 Å². The number of hydrogen-bond donors (Lipinski definition) is 1. The van der Waals surface area contributed by atoms with Gasteiger partial charge in [0, 0.05) is 20.0 Å². The molecule has 0 aliphatic carbocycles. The van der Waals surface area contributed by atoms with Gasteiger partial charge in [-0.15, -0.1) is 0 Å². The van der Waals surface area contributed by atoms with Gasteiger partial charge in [-0.2, -0.15) is 0 Å². The molecule has 0 aromatic carbocycles. The Bertz CT molecular complexity index is 477. The zero-order valence-corrected chi connectivity index (χ0v) is 14.0. The van der Waals surface area contributed by atoms with Crippen LogP contribution in [0.5, 0.6) is 0 Å². The van der Waals surface area contributed by atoms with Crippen LogP contribution in [0.2, 0.25) is 0 Å². The van der Waals surface area contributed by atoms with Crippen molar-refractivity contribution in [2.75, 3.05) is 13.6 Å². The van der Waals surface area contributed by atoms with Crippen molar-refractivity contribution in [2.24, 2.45) is 0 Å². The molecule has 1 heterocycles. The quantitative estimate of drug-likeness (QED) is 0.820. The summed E-state index contributed by atoms with van der Waals surface area (Å²) in [5.41, 5.74) is -0.515. The Morgan fingerprint density at radius 3 is 2.64 bits per heavy atom. The molecule has 6 nitrogen and oxygen atoms in total. The van der Waals surface area contributed by atoms with Gasteiger partial charge in [0.15, 0.2) is 0 Å². The van der Waals surface area contributed by atoms with E-state index < -0.39 is 11.7 Å². The van der Waals surface area contributed by atoms with Gasteiger partial charge >= 0.3 is 6.09 Å². The second-order valence-corrected chi connectivity index (χ2v) is 6.23. The van der Waals surface area contributed by atoms with Crippen LogP contribution in [0.4, 0.5) is 4.79 Å². The number of nitrogens with zero attached hydrogens (tertiary/aromatic N) is 1. The van der Waals surface area contributed by atoms with Gasteiger partial charge in [0.2, 0.25) is 5.91 Å². The number of nitrogens with one attached hydrogen (secondary N) is 1. The van der Waals surface area contributed by atoms with Crippen molar-refractivity contribution in [1.82, 2.24) is 10.2 Å². The van der Waals surface area contributed by atoms with Crippen LogP contribution in [-0.4, -0.2) is 36.1 Å². The fourth-order valence-corrected chi connectivity index (χ4v) is 1.86. The van der Waals surface area contributed by atoms with Crippen LogP contribution in [0.3, 0.4) is 0 Å².